The average molecular weight is 322 g/mol. The number of benzene rings is 1. The van der Waals surface area contributed by atoms with Gasteiger partial charge in [0.25, 0.3) is 0 Å². The van der Waals surface area contributed by atoms with Crippen LogP contribution >= 0.6 is 0 Å². The summed E-state index contributed by atoms with van der Waals surface area (Å²) in [7, 11) is -4.29. The Labute approximate surface area is 129 Å². The molecule has 112 valence electrons. The highest BCUT2D eigenvalue weighted by Gasteiger charge is 2.45. The molecular weight excluding hydrogens is 290 g/mol. The molecule has 0 radical (unpaired) electrons. The summed E-state index contributed by atoms with van der Waals surface area (Å²) in [5, 5.41) is 1.54. The van der Waals surface area contributed by atoms with E-state index < -0.39 is 24.7 Å². The van der Waals surface area contributed by atoms with E-state index in [1.54, 1.807) is 5.19 Å². The van der Waals surface area contributed by atoms with E-state index in [1.807, 2.05) is 6.08 Å². The van der Waals surface area contributed by atoms with Gasteiger partial charge in [-0.1, -0.05) is 89.3 Å². The van der Waals surface area contributed by atoms with Crippen molar-refractivity contribution in [2.75, 3.05) is 0 Å². The molecule has 4 heteroatoms. The van der Waals surface area contributed by atoms with Crippen LogP contribution in [0.1, 0.15) is 5.56 Å². The zero-order valence-electron chi connectivity index (χ0n) is 14.5. The predicted molar refractivity (Wildman–Crippen MR) is 102 cm³/mol. The lowest BCUT2D eigenvalue weighted by molar-refractivity contribution is 0.909. The first-order valence-corrected chi connectivity index (χ1v) is 17.3. The van der Waals surface area contributed by atoms with Crippen LogP contribution < -0.4 is 5.19 Å². The zero-order valence-corrected chi connectivity index (χ0v) is 17.5. The third kappa shape index (κ3) is 3.81. The van der Waals surface area contributed by atoms with Crippen LogP contribution in [0.2, 0.25) is 52.4 Å². The summed E-state index contributed by atoms with van der Waals surface area (Å²) >= 11 is 0. The summed E-state index contributed by atoms with van der Waals surface area (Å²) in [5.41, 5.74) is 1.24. The third-order valence-electron chi connectivity index (χ3n) is 3.73. The molecule has 1 rings (SSSR count). The molecule has 0 aliphatic rings. The van der Waals surface area contributed by atoms with Gasteiger partial charge < -0.3 is 3.90 Å². The van der Waals surface area contributed by atoms with Crippen molar-refractivity contribution < 1.29 is 0 Å². The molecule has 0 saturated heterocycles. The number of rotatable bonds is 5. The van der Waals surface area contributed by atoms with E-state index in [0.717, 1.165) is 0 Å². The van der Waals surface area contributed by atoms with Crippen LogP contribution in [0.3, 0.4) is 0 Å². The van der Waals surface area contributed by atoms with Gasteiger partial charge in [-0.2, -0.15) is 0 Å². The van der Waals surface area contributed by atoms with Crippen molar-refractivity contribution in [1.82, 2.24) is 3.90 Å². The fraction of sp³-hybridized carbons (Fsp3) is 0.500. The van der Waals surface area contributed by atoms with E-state index in [9.17, 15) is 0 Å². The van der Waals surface area contributed by atoms with Crippen molar-refractivity contribution in [3.8, 4) is 0 Å². The molecule has 0 aliphatic carbocycles. The maximum absolute atomic E-state index is 3.92. The van der Waals surface area contributed by atoms with Crippen molar-refractivity contribution in [2.24, 2.45) is 0 Å². The van der Waals surface area contributed by atoms with Gasteiger partial charge in [-0.25, -0.2) is 0 Å². The second-order valence-corrected chi connectivity index (χ2v) is 23.1. The molecule has 0 heterocycles. The summed E-state index contributed by atoms with van der Waals surface area (Å²) in [6, 6.07) is 9.01. The SMILES string of the molecule is C=Cc1cccc([Si](C)(C)N([Si](C)(C)C)[Si](C)(C)C)c1. The summed E-state index contributed by atoms with van der Waals surface area (Å²) in [6.07, 6.45) is 1.96. The summed E-state index contributed by atoms with van der Waals surface area (Å²) < 4.78 is 3.01. The molecule has 0 spiro atoms. The monoisotopic (exact) mass is 321 g/mol. The Morgan fingerprint density at radius 3 is 1.80 bits per heavy atom. The molecule has 0 amide bonds. The van der Waals surface area contributed by atoms with Crippen LogP contribution in [0.4, 0.5) is 0 Å². The highest BCUT2D eigenvalue weighted by molar-refractivity contribution is 7.08. The molecule has 1 aromatic rings. The van der Waals surface area contributed by atoms with Gasteiger partial charge >= 0.3 is 0 Å². The summed E-state index contributed by atoms with van der Waals surface area (Å²) in [5.74, 6) is 0. The van der Waals surface area contributed by atoms with Gasteiger partial charge in [-0.3, -0.25) is 0 Å². The van der Waals surface area contributed by atoms with E-state index in [1.165, 1.54) is 5.56 Å². The van der Waals surface area contributed by atoms with Gasteiger partial charge in [-0.15, -0.1) is 0 Å². The largest absolute Gasteiger partial charge is 0.365 e. The van der Waals surface area contributed by atoms with Gasteiger partial charge in [0.15, 0.2) is 0 Å². The van der Waals surface area contributed by atoms with Crippen LogP contribution in [0, 0.1) is 0 Å². The molecule has 1 nitrogen and oxygen atoms in total. The van der Waals surface area contributed by atoms with Crippen LogP contribution in [0.15, 0.2) is 30.8 Å². The van der Waals surface area contributed by atoms with Gasteiger partial charge in [-0.05, 0) is 10.8 Å². The second-order valence-electron chi connectivity index (χ2n) is 8.07. The maximum Gasteiger partial charge on any atom is 0.141 e. The first-order valence-electron chi connectivity index (χ1n) is 7.44. The lowest BCUT2D eigenvalue weighted by atomic mass is 10.2. The van der Waals surface area contributed by atoms with Gasteiger partial charge in [0.05, 0.1) is 0 Å². The Hall–Kier alpha value is -0.429. The van der Waals surface area contributed by atoms with Gasteiger partial charge in [0, 0.05) is 0 Å². The lowest BCUT2D eigenvalue weighted by Gasteiger charge is -2.53. The number of nitrogens with zero attached hydrogens (tertiary/aromatic N) is 1. The quantitative estimate of drug-likeness (QED) is 0.710. The Morgan fingerprint density at radius 1 is 0.900 bits per heavy atom. The fourth-order valence-electron chi connectivity index (χ4n) is 3.86. The zero-order chi connectivity index (χ0) is 15.8. The van der Waals surface area contributed by atoms with E-state index in [-0.39, 0.29) is 0 Å². The van der Waals surface area contributed by atoms with Crippen molar-refractivity contribution >= 4 is 36.0 Å². The molecule has 0 unspecified atom stereocenters. The molecule has 20 heavy (non-hydrogen) atoms. The molecule has 1 aromatic carbocycles. The minimum Gasteiger partial charge on any atom is -0.365 e. The first-order chi connectivity index (χ1) is 8.90. The van der Waals surface area contributed by atoms with Crippen molar-refractivity contribution in [3.05, 3.63) is 36.4 Å². The summed E-state index contributed by atoms with van der Waals surface area (Å²) in [6.45, 7) is 23.9. The molecule has 0 aliphatic heterocycles. The topological polar surface area (TPSA) is 3.24 Å². The fourth-order valence-corrected chi connectivity index (χ4v) is 27.4. The highest BCUT2D eigenvalue weighted by atomic mass is 28.5. The van der Waals surface area contributed by atoms with Crippen molar-refractivity contribution in [2.45, 2.75) is 52.4 Å². The smallest absolute Gasteiger partial charge is 0.141 e. The van der Waals surface area contributed by atoms with Crippen LogP contribution in [0.25, 0.3) is 6.08 Å². The Bertz CT molecular complexity index is 467. The van der Waals surface area contributed by atoms with E-state index in [4.69, 9.17) is 0 Å². The molecule has 0 saturated carbocycles. The Balaban J connectivity index is 3.40. The Kier molecular flexibility index (Phi) is 5.07. The van der Waals surface area contributed by atoms with Crippen molar-refractivity contribution in [3.63, 3.8) is 0 Å². The van der Waals surface area contributed by atoms with E-state index in [2.05, 4.69) is 87.1 Å². The normalized spacial score (nSPS) is 13.7. The van der Waals surface area contributed by atoms with Crippen LogP contribution in [-0.2, 0) is 0 Å². The highest BCUT2D eigenvalue weighted by Crippen LogP contribution is 2.27. The predicted octanol–water partition coefficient (Wildman–Crippen LogP) is 4.71. The van der Waals surface area contributed by atoms with E-state index >= 15 is 0 Å². The third-order valence-corrected chi connectivity index (χ3v) is 20.7. The number of hydrogen-bond donors (Lipinski definition) is 0. The maximum atomic E-state index is 3.92. The molecule has 0 N–H and O–H groups in total. The molecule has 0 atom stereocenters. The van der Waals surface area contributed by atoms with E-state index in [0.29, 0.717) is 0 Å². The first kappa shape index (κ1) is 17.6. The molecule has 0 fully saturated rings. The van der Waals surface area contributed by atoms with Gasteiger partial charge in [0.2, 0.25) is 0 Å². The standard InChI is InChI=1S/C16H31NSi3/c1-10-15-12-11-13-16(14-15)20(8,9)17(18(2,3)4)19(5,6)7/h10-14H,1H2,2-9H3. The van der Waals surface area contributed by atoms with Crippen LogP contribution in [0.5, 0.6) is 0 Å². The molecule has 0 bridgehead atoms. The lowest BCUT2D eigenvalue weighted by Crippen LogP contribution is -2.73. The van der Waals surface area contributed by atoms with Crippen LogP contribution in [-0.4, -0.2) is 28.6 Å². The second kappa shape index (κ2) is 5.75. The molecule has 0 aromatic heterocycles. The van der Waals surface area contributed by atoms with Crippen molar-refractivity contribution in [1.29, 1.82) is 0 Å². The minimum atomic E-state index is -1.62. The Morgan fingerprint density at radius 2 is 1.40 bits per heavy atom. The average Bonchev–Trinajstić information content (AvgIpc) is 2.24. The molecular formula is C16H31NSi3. The van der Waals surface area contributed by atoms with Gasteiger partial charge in [0.1, 0.15) is 24.7 Å². The minimum absolute atomic E-state index is 1.24. The summed E-state index contributed by atoms with van der Waals surface area (Å²) in [4.78, 5) is 0. The number of hydrogen-bond acceptors (Lipinski definition) is 1.